The molecule has 0 bridgehead atoms. The number of carbonyl (C=O) groups excluding carboxylic acids is 1. The maximum Gasteiger partial charge on any atom is 0.407 e. The summed E-state index contributed by atoms with van der Waals surface area (Å²) in [7, 11) is 1.28. The molecular formula is C17H19F2NO4. The molecule has 1 aliphatic heterocycles. The number of likely N-dealkylation sites (tertiary alicyclic amines) is 1. The second-order valence-corrected chi connectivity index (χ2v) is 6.77. The molecule has 1 aliphatic carbocycles. The summed E-state index contributed by atoms with van der Waals surface area (Å²) in [5, 5.41) is 9.42. The van der Waals surface area contributed by atoms with Crippen LogP contribution in [0.1, 0.15) is 47.6 Å². The van der Waals surface area contributed by atoms with Gasteiger partial charge in [0.25, 0.3) is 0 Å². The van der Waals surface area contributed by atoms with Crippen molar-refractivity contribution in [3.05, 3.63) is 35.4 Å². The highest BCUT2D eigenvalue weighted by Crippen LogP contribution is 2.60. The lowest BCUT2D eigenvalue weighted by Gasteiger charge is -2.54. The molecule has 7 heteroatoms. The van der Waals surface area contributed by atoms with Gasteiger partial charge in [-0.25, -0.2) is 18.4 Å². The first-order chi connectivity index (χ1) is 11.3. The third-order valence-corrected chi connectivity index (χ3v) is 5.12. The average Bonchev–Trinajstić information content (AvgIpc) is 2.52. The Morgan fingerprint density at radius 3 is 2.38 bits per heavy atom. The van der Waals surface area contributed by atoms with Crippen LogP contribution in [-0.4, -0.2) is 41.6 Å². The van der Waals surface area contributed by atoms with Crippen molar-refractivity contribution in [2.45, 2.75) is 37.6 Å². The molecule has 24 heavy (non-hydrogen) atoms. The smallest absolute Gasteiger partial charge is 0.407 e. The summed E-state index contributed by atoms with van der Waals surface area (Å²) < 4.78 is 31.3. The van der Waals surface area contributed by atoms with E-state index in [9.17, 15) is 23.5 Å². The van der Waals surface area contributed by atoms with Crippen LogP contribution in [0.15, 0.2) is 24.3 Å². The number of esters is 1. The average molecular weight is 339 g/mol. The number of rotatable bonds is 2. The number of benzene rings is 1. The second-order valence-electron chi connectivity index (χ2n) is 6.77. The molecular weight excluding hydrogens is 320 g/mol. The standard InChI is InChI=1S/C17H19F2NO4/c1-24-14(21)12-4-2-11(3-5-12)13-8-16(9-17(18,19)10-16)6-7-20(13)15(22)23/h2-5,13H,6-10H2,1H3,(H,22,23)/t13-/m1/s1. The fourth-order valence-electron chi connectivity index (χ4n) is 3.99. The van der Waals surface area contributed by atoms with Gasteiger partial charge in [0, 0.05) is 19.4 Å². The lowest BCUT2D eigenvalue weighted by molar-refractivity contribution is -0.183. The number of alkyl halides is 2. The van der Waals surface area contributed by atoms with E-state index in [1.165, 1.54) is 12.0 Å². The van der Waals surface area contributed by atoms with Gasteiger partial charge >= 0.3 is 12.1 Å². The van der Waals surface area contributed by atoms with Crippen LogP contribution < -0.4 is 0 Å². The number of ether oxygens (including phenoxy) is 1. The molecule has 130 valence electrons. The molecule has 0 aromatic heterocycles. The molecule has 1 N–H and O–H groups in total. The molecule has 1 saturated heterocycles. The lowest BCUT2D eigenvalue weighted by atomic mass is 9.59. The summed E-state index contributed by atoms with van der Waals surface area (Å²) in [6.07, 6.45) is -0.565. The Kier molecular flexibility index (Phi) is 3.97. The number of carboxylic acid groups (broad SMARTS) is 1. The molecule has 1 amide bonds. The number of hydrogen-bond acceptors (Lipinski definition) is 3. The molecule has 1 spiro atoms. The maximum atomic E-state index is 13.4. The largest absolute Gasteiger partial charge is 0.465 e. The molecule has 5 nitrogen and oxygen atoms in total. The predicted molar refractivity (Wildman–Crippen MR) is 81.1 cm³/mol. The first-order valence-corrected chi connectivity index (χ1v) is 7.81. The van der Waals surface area contributed by atoms with E-state index in [1.54, 1.807) is 24.3 Å². The molecule has 2 fully saturated rings. The van der Waals surface area contributed by atoms with E-state index in [2.05, 4.69) is 4.74 Å². The Balaban J connectivity index is 1.84. The SMILES string of the molecule is COC(=O)c1ccc([C@H]2CC3(CCN2C(=O)O)CC(F)(F)C3)cc1. The van der Waals surface area contributed by atoms with Crippen molar-refractivity contribution in [1.82, 2.24) is 4.90 Å². The number of piperidine rings is 1. The van der Waals surface area contributed by atoms with E-state index in [0.717, 1.165) is 0 Å². The van der Waals surface area contributed by atoms with Gasteiger partial charge < -0.3 is 14.7 Å². The molecule has 1 saturated carbocycles. The van der Waals surface area contributed by atoms with Crippen LogP contribution in [0.25, 0.3) is 0 Å². The molecule has 0 unspecified atom stereocenters. The topological polar surface area (TPSA) is 66.8 Å². The highest BCUT2D eigenvalue weighted by Gasteiger charge is 2.58. The third kappa shape index (κ3) is 2.95. The van der Waals surface area contributed by atoms with Crippen molar-refractivity contribution in [2.24, 2.45) is 5.41 Å². The zero-order chi connectivity index (χ0) is 17.5. The van der Waals surface area contributed by atoms with Gasteiger partial charge in [0.1, 0.15) is 0 Å². The number of nitrogens with zero attached hydrogens (tertiary/aromatic N) is 1. The molecule has 2 aliphatic rings. The summed E-state index contributed by atoms with van der Waals surface area (Å²) in [5.74, 6) is -3.11. The van der Waals surface area contributed by atoms with Crippen LogP contribution in [-0.2, 0) is 4.74 Å². The van der Waals surface area contributed by atoms with E-state index in [4.69, 9.17) is 0 Å². The van der Waals surface area contributed by atoms with Gasteiger partial charge in [0.2, 0.25) is 5.92 Å². The Morgan fingerprint density at radius 1 is 1.25 bits per heavy atom. The van der Waals surface area contributed by atoms with E-state index in [-0.39, 0.29) is 19.4 Å². The number of amides is 1. The summed E-state index contributed by atoms with van der Waals surface area (Å²) in [6.45, 7) is 0.245. The minimum atomic E-state index is -2.63. The fraction of sp³-hybridized carbons (Fsp3) is 0.529. The Morgan fingerprint density at radius 2 is 1.88 bits per heavy atom. The summed E-state index contributed by atoms with van der Waals surface area (Å²) in [6, 6.07) is 6.00. The minimum absolute atomic E-state index is 0.176. The van der Waals surface area contributed by atoms with Crippen LogP contribution >= 0.6 is 0 Å². The van der Waals surface area contributed by atoms with Gasteiger partial charge in [-0.3, -0.25) is 0 Å². The van der Waals surface area contributed by atoms with Gasteiger partial charge in [-0.05, 0) is 36.0 Å². The van der Waals surface area contributed by atoms with Gasteiger partial charge in [-0.15, -0.1) is 0 Å². The summed E-state index contributed by atoms with van der Waals surface area (Å²) in [4.78, 5) is 24.3. The lowest BCUT2D eigenvalue weighted by Crippen LogP contribution is -2.54. The number of halogens is 2. The zero-order valence-corrected chi connectivity index (χ0v) is 13.3. The van der Waals surface area contributed by atoms with Crippen LogP contribution in [0.2, 0.25) is 0 Å². The highest BCUT2D eigenvalue weighted by molar-refractivity contribution is 5.89. The van der Waals surface area contributed by atoms with Crippen molar-refractivity contribution >= 4 is 12.1 Å². The monoisotopic (exact) mass is 339 g/mol. The third-order valence-electron chi connectivity index (χ3n) is 5.12. The molecule has 3 rings (SSSR count). The van der Waals surface area contributed by atoms with Crippen LogP contribution in [0, 0.1) is 5.41 Å². The van der Waals surface area contributed by atoms with Crippen LogP contribution in [0.5, 0.6) is 0 Å². The Bertz CT molecular complexity index is 651. The molecule has 0 radical (unpaired) electrons. The number of hydrogen-bond donors (Lipinski definition) is 1. The van der Waals surface area contributed by atoms with Crippen LogP contribution in [0.4, 0.5) is 13.6 Å². The van der Waals surface area contributed by atoms with Crippen molar-refractivity contribution in [1.29, 1.82) is 0 Å². The van der Waals surface area contributed by atoms with Crippen molar-refractivity contribution in [3.8, 4) is 0 Å². The quantitative estimate of drug-likeness (QED) is 0.834. The first-order valence-electron chi connectivity index (χ1n) is 7.81. The van der Waals surface area contributed by atoms with Gasteiger partial charge in [0.05, 0.1) is 18.7 Å². The first kappa shape index (κ1) is 16.7. The fourth-order valence-corrected chi connectivity index (χ4v) is 3.99. The molecule has 1 aromatic carbocycles. The Hall–Kier alpha value is -2.18. The van der Waals surface area contributed by atoms with E-state index in [1.807, 2.05) is 0 Å². The van der Waals surface area contributed by atoms with Gasteiger partial charge in [0.15, 0.2) is 0 Å². The van der Waals surface area contributed by atoms with Crippen molar-refractivity contribution < 1.29 is 28.2 Å². The van der Waals surface area contributed by atoms with Gasteiger partial charge in [-0.2, -0.15) is 0 Å². The summed E-state index contributed by atoms with van der Waals surface area (Å²) in [5.41, 5.74) is 0.587. The van der Waals surface area contributed by atoms with Crippen molar-refractivity contribution in [3.63, 3.8) is 0 Å². The molecule has 1 atom stereocenters. The van der Waals surface area contributed by atoms with E-state index < -0.39 is 29.4 Å². The number of carbonyl (C=O) groups is 2. The minimum Gasteiger partial charge on any atom is -0.465 e. The van der Waals surface area contributed by atoms with E-state index >= 15 is 0 Å². The number of methoxy groups -OCH3 is 1. The van der Waals surface area contributed by atoms with Gasteiger partial charge in [-0.1, -0.05) is 12.1 Å². The van der Waals surface area contributed by atoms with Crippen molar-refractivity contribution in [2.75, 3.05) is 13.7 Å². The maximum absolute atomic E-state index is 13.4. The molecule has 1 heterocycles. The Labute approximate surface area is 138 Å². The highest BCUT2D eigenvalue weighted by atomic mass is 19.3. The summed E-state index contributed by atoms with van der Waals surface area (Å²) >= 11 is 0. The zero-order valence-electron chi connectivity index (χ0n) is 13.3. The second kappa shape index (κ2) is 5.72. The van der Waals surface area contributed by atoms with E-state index in [0.29, 0.717) is 24.0 Å². The predicted octanol–water partition coefficient (Wildman–Crippen LogP) is 3.70. The molecule has 1 aromatic rings. The van der Waals surface area contributed by atoms with Crippen LogP contribution in [0.3, 0.4) is 0 Å². The normalized spacial score (nSPS) is 24.3.